The predicted octanol–water partition coefficient (Wildman–Crippen LogP) is 4.17. The Morgan fingerprint density at radius 1 is 0.974 bits per heavy atom. The summed E-state index contributed by atoms with van der Waals surface area (Å²) in [6, 6.07) is 19.8. The molecule has 0 aromatic heterocycles. The first-order valence-corrected chi connectivity index (χ1v) is 13.0. The summed E-state index contributed by atoms with van der Waals surface area (Å²) in [6.45, 7) is 2.66. The zero-order valence-corrected chi connectivity index (χ0v) is 22.4. The molecule has 1 aliphatic heterocycles. The van der Waals surface area contributed by atoms with Crippen LogP contribution in [0.25, 0.3) is 0 Å². The van der Waals surface area contributed by atoms with E-state index >= 15 is 0 Å². The summed E-state index contributed by atoms with van der Waals surface area (Å²) in [6.07, 6.45) is 0. The van der Waals surface area contributed by atoms with Gasteiger partial charge in [0.05, 0.1) is 17.2 Å². The van der Waals surface area contributed by atoms with E-state index in [1.807, 2.05) is 12.1 Å². The highest BCUT2D eigenvalue weighted by Crippen LogP contribution is 2.21. The Balaban J connectivity index is 1.31. The first kappa shape index (κ1) is 28.1. The molecule has 1 aliphatic rings. The summed E-state index contributed by atoms with van der Waals surface area (Å²) < 4.78 is 18.6. The molecule has 204 valence electrons. The Bertz CT molecular complexity index is 1310. The molecule has 0 aliphatic carbocycles. The van der Waals surface area contributed by atoms with Crippen LogP contribution >= 0.6 is 11.6 Å². The van der Waals surface area contributed by atoms with E-state index in [4.69, 9.17) is 16.3 Å². The number of carbonyl (C=O) groups is 3. The van der Waals surface area contributed by atoms with Crippen molar-refractivity contribution in [2.75, 3.05) is 63.2 Å². The van der Waals surface area contributed by atoms with Crippen molar-refractivity contribution in [3.63, 3.8) is 0 Å². The summed E-state index contributed by atoms with van der Waals surface area (Å²) in [5.41, 5.74) is 2.23. The van der Waals surface area contributed by atoms with Crippen molar-refractivity contribution in [2.24, 2.45) is 0 Å². The maximum Gasteiger partial charge on any atom is 0.255 e. The van der Waals surface area contributed by atoms with Crippen molar-refractivity contribution < 1.29 is 23.5 Å². The number of nitrogens with one attached hydrogen (secondary N) is 1. The van der Waals surface area contributed by atoms with Crippen LogP contribution in [0, 0.1) is 5.82 Å². The number of piperazine rings is 1. The second-order valence-electron chi connectivity index (χ2n) is 9.08. The number of amides is 3. The number of rotatable bonds is 9. The Morgan fingerprint density at radius 3 is 2.36 bits per heavy atom. The number of hydrogen-bond donors (Lipinski definition) is 1. The molecule has 0 unspecified atom stereocenters. The van der Waals surface area contributed by atoms with Gasteiger partial charge in [0, 0.05) is 56.8 Å². The zero-order chi connectivity index (χ0) is 27.8. The van der Waals surface area contributed by atoms with Crippen LogP contribution in [-0.4, -0.2) is 80.5 Å². The topological polar surface area (TPSA) is 82.2 Å². The van der Waals surface area contributed by atoms with Crippen molar-refractivity contribution in [1.29, 1.82) is 0 Å². The van der Waals surface area contributed by atoms with E-state index in [1.165, 1.54) is 30.2 Å². The van der Waals surface area contributed by atoms with Gasteiger partial charge in [0.1, 0.15) is 12.4 Å². The average Bonchev–Trinajstić information content (AvgIpc) is 2.95. The quantitative estimate of drug-likeness (QED) is 0.431. The van der Waals surface area contributed by atoms with Crippen LogP contribution < -0.4 is 10.2 Å². The van der Waals surface area contributed by atoms with E-state index < -0.39 is 5.82 Å². The van der Waals surface area contributed by atoms with E-state index in [-0.39, 0.29) is 37.4 Å². The van der Waals surface area contributed by atoms with Crippen LogP contribution in [0.4, 0.5) is 15.8 Å². The molecule has 0 saturated carbocycles. The molecule has 3 aromatic carbocycles. The van der Waals surface area contributed by atoms with Crippen LogP contribution in [0.5, 0.6) is 0 Å². The van der Waals surface area contributed by atoms with Gasteiger partial charge in [0.25, 0.3) is 11.8 Å². The monoisotopic (exact) mass is 552 g/mol. The first-order valence-electron chi connectivity index (χ1n) is 12.6. The van der Waals surface area contributed by atoms with Crippen LogP contribution in [0.3, 0.4) is 0 Å². The molecule has 1 heterocycles. The number of hydrogen-bond acceptors (Lipinski definition) is 5. The molecule has 1 saturated heterocycles. The Labute approximate surface area is 231 Å². The second kappa shape index (κ2) is 13.2. The molecule has 0 bridgehead atoms. The Kier molecular flexibility index (Phi) is 9.51. The number of anilines is 2. The van der Waals surface area contributed by atoms with Crippen molar-refractivity contribution in [3.8, 4) is 0 Å². The van der Waals surface area contributed by atoms with E-state index in [0.717, 1.165) is 5.69 Å². The Morgan fingerprint density at radius 2 is 1.69 bits per heavy atom. The summed E-state index contributed by atoms with van der Waals surface area (Å²) in [5.74, 6) is -1.30. The number of nitrogens with zero attached hydrogens (tertiary/aromatic N) is 3. The molecule has 4 rings (SSSR count). The largest absolute Gasteiger partial charge is 0.383 e. The van der Waals surface area contributed by atoms with Crippen molar-refractivity contribution in [3.05, 3.63) is 94.8 Å². The molecule has 0 atom stereocenters. The Hall–Kier alpha value is -3.95. The normalized spacial score (nSPS) is 13.2. The maximum atomic E-state index is 13.5. The molecule has 3 amide bonds. The first-order chi connectivity index (χ1) is 18.9. The van der Waals surface area contributed by atoms with E-state index in [0.29, 0.717) is 48.0 Å². The van der Waals surface area contributed by atoms with Crippen molar-refractivity contribution in [1.82, 2.24) is 9.80 Å². The lowest BCUT2D eigenvalue weighted by molar-refractivity contribution is -0.117. The van der Waals surface area contributed by atoms with Crippen molar-refractivity contribution in [2.45, 2.75) is 0 Å². The van der Waals surface area contributed by atoms with Gasteiger partial charge in [0.15, 0.2) is 0 Å². The molecule has 39 heavy (non-hydrogen) atoms. The van der Waals surface area contributed by atoms with Crippen LogP contribution in [0.2, 0.25) is 5.02 Å². The van der Waals surface area contributed by atoms with Crippen molar-refractivity contribution >= 4 is 40.7 Å². The molecule has 1 fully saturated rings. The predicted molar refractivity (Wildman–Crippen MR) is 149 cm³/mol. The van der Waals surface area contributed by atoms with Gasteiger partial charge in [-0.3, -0.25) is 14.4 Å². The lowest BCUT2D eigenvalue weighted by Crippen LogP contribution is -2.48. The highest BCUT2D eigenvalue weighted by Gasteiger charge is 2.23. The molecule has 3 aromatic rings. The summed E-state index contributed by atoms with van der Waals surface area (Å²) in [4.78, 5) is 43.7. The summed E-state index contributed by atoms with van der Waals surface area (Å²) in [7, 11) is 1.53. The highest BCUT2D eigenvalue weighted by molar-refractivity contribution is 6.33. The number of benzene rings is 3. The van der Waals surface area contributed by atoms with E-state index in [9.17, 15) is 18.8 Å². The molecule has 8 nitrogen and oxygen atoms in total. The minimum Gasteiger partial charge on any atom is -0.383 e. The lowest BCUT2D eigenvalue weighted by Gasteiger charge is -2.36. The van der Waals surface area contributed by atoms with Crippen LogP contribution in [-0.2, 0) is 9.53 Å². The molecule has 0 radical (unpaired) electrons. The molecule has 1 N–H and O–H groups in total. The highest BCUT2D eigenvalue weighted by atomic mass is 35.5. The van der Waals surface area contributed by atoms with Gasteiger partial charge in [-0.1, -0.05) is 29.8 Å². The third-order valence-corrected chi connectivity index (χ3v) is 6.78. The minimum atomic E-state index is -0.429. The second-order valence-corrected chi connectivity index (χ2v) is 9.49. The van der Waals surface area contributed by atoms with E-state index in [2.05, 4.69) is 10.2 Å². The fourth-order valence-electron chi connectivity index (χ4n) is 4.36. The SMILES string of the molecule is COCCN(CC(=O)Nc1ccc(N2CCN(C(=O)c3cccc(F)c3)CC2)cc1)C(=O)c1ccccc1Cl. The number of halogens is 2. The minimum absolute atomic E-state index is 0.156. The summed E-state index contributed by atoms with van der Waals surface area (Å²) >= 11 is 6.18. The standard InChI is InChI=1S/C29H30ClFN4O4/c1-39-18-17-35(29(38)25-7-2-3-8-26(25)30)20-27(36)32-23-9-11-24(12-10-23)33-13-15-34(16-14-33)28(37)21-5-4-6-22(31)19-21/h2-12,19H,13-18,20H2,1H3,(H,32,36). The van der Waals surface area contributed by atoms with Crippen LogP contribution in [0.15, 0.2) is 72.8 Å². The lowest BCUT2D eigenvalue weighted by atomic mass is 10.1. The number of carbonyl (C=O) groups excluding carboxylic acids is 3. The van der Waals surface area contributed by atoms with Crippen LogP contribution in [0.1, 0.15) is 20.7 Å². The van der Waals surface area contributed by atoms with Gasteiger partial charge in [-0.15, -0.1) is 0 Å². The maximum absolute atomic E-state index is 13.5. The molecule has 10 heteroatoms. The van der Waals surface area contributed by atoms with Gasteiger partial charge >= 0.3 is 0 Å². The summed E-state index contributed by atoms with van der Waals surface area (Å²) in [5, 5.41) is 3.16. The third kappa shape index (κ3) is 7.34. The smallest absolute Gasteiger partial charge is 0.255 e. The number of ether oxygens (including phenoxy) is 1. The van der Waals surface area contributed by atoms with Gasteiger partial charge in [-0.25, -0.2) is 4.39 Å². The fraction of sp³-hybridized carbons (Fsp3) is 0.276. The fourth-order valence-corrected chi connectivity index (χ4v) is 4.58. The van der Waals surface area contributed by atoms with E-state index in [1.54, 1.807) is 47.4 Å². The van der Waals surface area contributed by atoms with Gasteiger partial charge in [-0.2, -0.15) is 0 Å². The average molecular weight is 553 g/mol. The zero-order valence-electron chi connectivity index (χ0n) is 21.6. The van der Waals surface area contributed by atoms with Gasteiger partial charge in [-0.05, 0) is 54.6 Å². The number of methoxy groups -OCH3 is 1. The van der Waals surface area contributed by atoms with Gasteiger partial charge < -0.3 is 24.8 Å². The molecule has 0 spiro atoms. The third-order valence-electron chi connectivity index (χ3n) is 6.45. The molecular weight excluding hydrogens is 523 g/mol. The molecular formula is C29H30ClFN4O4. The van der Waals surface area contributed by atoms with Gasteiger partial charge in [0.2, 0.25) is 5.91 Å².